The monoisotopic (exact) mass is 278 g/mol. The zero-order valence-corrected chi connectivity index (χ0v) is 10.9. The van der Waals surface area contributed by atoms with Crippen LogP contribution in [0.1, 0.15) is 6.92 Å². The van der Waals surface area contributed by atoms with Crippen molar-refractivity contribution in [2.24, 2.45) is 0 Å². The van der Waals surface area contributed by atoms with Gasteiger partial charge < -0.3 is 4.74 Å². The van der Waals surface area contributed by atoms with Gasteiger partial charge in [-0.15, -0.1) is 0 Å². The Balaban J connectivity index is 2.36. The summed E-state index contributed by atoms with van der Waals surface area (Å²) in [5, 5.41) is 10.7. The molecule has 0 spiro atoms. The van der Waals surface area contributed by atoms with Gasteiger partial charge in [-0.25, -0.2) is 4.98 Å². The van der Waals surface area contributed by atoms with Crippen molar-refractivity contribution in [1.82, 2.24) is 4.98 Å². The first-order valence-electron chi connectivity index (χ1n) is 5.65. The van der Waals surface area contributed by atoms with E-state index in [2.05, 4.69) is 4.98 Å². The number of ether oxygens (including phenoxy) is 1. The highest BCUT2D eigenvalue weighted by atomic mass is 35.5. The van der Waals surface area contributed by atoms with Crippen LogP contribution in [0.5, 0.6) is 5.75 Å². The summed E-state index contributed by atoms with van der Waals surface area (Å²) in [4.78, 5) is 14.1. The largest absolute Gasteiger partial charge is 0.494 e. The molecule has 0 fully saturated rings. The predicted molar refractivity (Wildman–Crippen MR) is 72.5 cm³/mol. The highest BCUT2D eigenvalue weighted by Crippen LogP contribution is 2.29. The summed E-state index contributed by atoms with van der Waals surface area (Å²) in [5.41, 5.74) is 1.25. The Bertz CT molecular complexity index is 599. The van der Waals surface area contributed by atoms with Gasteiger partial charge in [-0.1, -0.05) is 23.7 Å². The van der Waals surface area contributed by atoms with Gasteiger partial charge in [0, 0.05) is 17.8 Å². The zero-order valence-electron chi connectivity index (χ0n) is 10.2. The predicted octanol–water partition coefficient (Wildman–Crippen LogP) is 3.71. The molecule has 1 aromatic carbocycles. The third-order valence-electron chi connectivity index (χ3n) is 2.52. The van der Waals surface area contributed by atoms with Crippen molar-refractivity contribution >= 4 is 17.3 Å². The van der Waals surface area contributed by atoms with Gasteiger partial charge in [0.25, 0.3) is 0 Å². The second kappa shape index (κ2) is 5.67. The van der Waals surface area contributed by atoms with E-state index in [1.807, 2.05) is 19.1 Å². The maximum absolute atomic E-state index is 10.8. The first-order chi connectivity index (χ1) is 9.11. The number of halogens is 1. The molecule has 2 aromatic rings. The Morgan fingerprint density at radius 1 is 1.32 bits per heavy atom. The average Bonchev–Trinajstić information content (AvgIpc) is 2.40. The molecule has 0 saturated heterocycles. The minimum atomic E-state index is -0.548. The summed E-state index contributed by atoms with van der Waals surface area (Å²) in [6, 6.07) is 8.66. The standard InChI is InChI=1S/C13H11ClN2O3/c1-2-19-11-5-3-9(4-6-11)10-7-12(16(17)18)13(14)15-8-10/h3-8H,2H2,1H3. The lowest BCUT2D eigenvalue weighted by atomic mass is 10.1. The van der Waals surface area contributed by atoms with Crippen LogP contribution in [-0.4, -0.2) is 16.5 Å². The van der Waals surface area contributed by atoms with E-state index in [0.29, 0.717) is 12.2 Å². The molecule has 98 valence electrons. The molecular weight excluding hydrogens is 268 g/mol. The molecule has 0 atom stereocenters. The third-order valence-corrected chi connectivity index (χ3v) is 2.81. The molecule has 0 N–H and O–H groups in total. The van der Waals surface area contributed by atoms with E-state index in [-0.39, 0.29) is 10.8 Å². The van der Waals surface area contributed by atoms with Gasteiger partial charge in [0.05, 0.1) is 11.5 Å². The lowest BCUT2D eigenvalue weighted by Gasteiger charge is -2.05. The smallest absolute Gasteiger partial charge is 0.307 e. The van der Waals surface area contributed by atoms with Crippen LogP contribution in [-0.2, 0) is 0 Å². The number of pyridine rings is 1. The van der Waals surface area contributed by atoms with Gasteiger partial charge >= 0.3 is 5.69 Å². The molecule has 19 heavy (non-hydrogen) atoms. The molecule has 1 aromatic heterocycles. The van der Waals surface area contributed by atoms with E-state index in [1.165, 1.54) is 12.3 Å². The Kier molecular flexibility index (Phi) is 3.97. The zero-order chi connectivity index (χ0) is 13.8. The lowest BCUT2D eigenvalue weighted by molar-refractivity contribution is -0.385. The SMILES string of the molecule is CCOc1ccc(-c2cnc(Cl)c([N+](=O)[O-])c2)cc1. The number of nitrogens with zero attached hydrogens (tertiary/aromatic N) is 2. The third kappa shape index (κ3) is 3.00. The van der Waals surface area contributed by atoms with E-state index in [4.69, 9.17) is 16.3 Å². The maximum atomic E-state index is 10.8. The highest BCUT2D eigenvalue weighted by Gasteiger charge is 2.14. The Morgan fingerprint density at radius 2 is 2.00 bits per heavy atom. The quantitative estimate of drug-likeness (QED) is 0.486. The normalized spacial score (nSPS) is 10.2. The van der Waals surface area contributed by atoms with Crippen molar-refractivity contribution in [3.8, 4) is 16.9 Å². The summed E-state index contributed by atoms with van der Waals surface area (Å²) >= 11 is 5.67. The van der Waals surface area contributed by atoms with Crippen LogP contribution < -0.4 is 4.74 Å². The number of nitro groups is 1. The van der Waals surface area contributed by atoms with Crippen molar-refractivity contribution in [3.63, 3.8) is 0 Å². The van der Waals surface area contributed by atoms with Crippen molar-refractivity contribution in [2.45, 2.75) is 6.92 Å². The summed E-state index contributed by atoms with van der Waals surface area (Å²) < 4.78 is 5.33. The summed E-state index contributed by atoms with van der Waals surface area (Å²) in [6.45, 7) is 2.49. The number of benzene rings is 1. The van der Waals surface area contributed by atoms with E-state index in [1.54, 1.807) is 12.1 Å². The topological polar surface area (TPSA) is 65.3 Å². The molecule has 0 aliphatic carbocycles. The molecule has 5 nitrogen and oxygen atoms in total. The van der Waals surface area contributed by atoms with Crippen LogP contribution in [0.4, 0.5) is 5.69 Å². The maximum Gasteiger partial charge on any atom is 0.307 e. The molecule has 0 saturated carbocycles. The molecule has 0 bridgehead atoms. The lowest BCUT2D eigenvalue weighted by Crippen LogP contribution is -1.93. The first-order valence-corrected chi connectivity index (χ1v) is 6.02. The van der Waals surface area contributed by atoms with Gasteiger partial charge in [-0.2, -0.15) is 0 Å². The molecule has 0 unspecified atom stereocenters. The molecule has 0 aliphatic rings. The Morgan fingerprint density at radius 3 is 2.58 bits per heavy atom. The summed E-state index contributed by atoms with van der Waals surface area (Å²) in [5.74, 6) is 0.752. The minimum absolute atomic E-state index is 0.111. The average molecular weight is 279 g/mol. The number of hydrogen-bond acceptors (Lipinski definition) is 4. The van der Waals surface area contributed by atoms with Crippen molar-refractivity contribution in [3.05, 3.63) is 51.8 Å². The van der Waals surface area contributed by atoms with Gasteiger partial charge in [0.2, 0.25) is 5.15 Å². The fourth-order valence-corrected chi connectivity index (χ4v) is 1.80. The van der Waals surface area contributed by atoms with Crippen LogP contribution in [0.25, 0.3) is 11.1 Å². The molecule has 0 radical (unpaired) electrons. The van der Waals surface area contributed by atoms with E-state index >= 15 is 0 Å². The second-order valence-electron chi connectivity index (χ2n) is 3.75. The van der Waals surface area contributed by atoms with E-state index in [0.717, 1.165) is 11.3 Å². The van der Waals surface area contributed by atoms with Gasteiger partial charge in [-0.05, 0) is 24.6 Å². The number of hydrogen-bond donors (Lipinski definition) is 0. The van der Waals surface area contributed by atoms with E-state index < -0.39 is 4.92 Å². The van der Waals surface area contributed by atoms with Crippen LogP contribution in [0, 0.1) is 10.1 Å². The summed E-state index contributed by atoms with van der Waals surface area (Å²) in [6.07, 6.45) is 1.50. The molecule has 1 heterocycles. The van der Waals surface area contributed by atoms with Crippen molar-refractivity contribution < 1.29 is 9.66 Å². The minimum Gasteiger partial charge on any atom is -0.494 e. The van der Waals surface area contributed by atoms with Crippen LogP contribution in [0.3, 0.4) is 0 Å². The van der Waals surface area contributed by atoms with Crippen LogP contribution in [0.15, 0.2) is 36.5 Å². The van der Waals surface area contributed by atoms with Gasteiger partial charge in [0.15, 0.2) is 0 Å². The van der Waals surface area contributed by atoms with Crippen molar-refractivity contribution in [2.75, 3.05) is 6.61 Å². The number of aromatic nitrogens is 1. The first kappa shape index (κ1) is 13.3. The van der Waals surface area contributed by atoms with Crippen molar-refractivity contribution in [1.29, 1.82) is 0 Å². The fourth-order valence-electron chi connectivity index (χ4n) is 1.63. The second-order valence-corrected chi connectivity index (χ2v) is 4.11. The highest BCUT2D eigenvalue weighted by molar-refractivity contribution is 6.31. The molecule has 6 heteroatoms. The van der Waals surface area contributed by atoms with Gasteiger partial charge in [0.1, 0.15) is 5.75 Å². The summed E-state index contributed by atoms with van der Waals surface area (Å²) in [7, 11) is 0. The number of rotatable bonds is 4. The molecule has 2 rings (SSSR count). The van der Waals surface area contributed by atoms with Gasteiger partial charge in [-0.3, -0.25) is 10.1 Å². The molecule has 0 amide bonds. The fraction of sp³-hybridized carbons (Fsp3) is 0.154. The van der Waals surface area contributed by atoms with E-state index in [9.17, 15) is 10.1 Å². The Labute approximate surface area is 115 Å². The van der Waals surface area contributed by atoms with Crippen LogP contribution in [0.2, 0.25) is 5.15 Å². The Hall–Kier alpha value is -2.14. The molecule has 0 aliphatic heterocycles. The van der Waals surface area contributed by atoms with Crippen LogP contribution >= 0.6 is 11.6 Å². The molecular formula is C13H11ClN2O3.